The van der Waals surface area contributed by atoms with Gasteiger partial charge in [0.2, 0.25) is 0 Å². The summed E-state index contributed by atoms with van der Waals surface area (Å²) in [6.07, 6.45) is 0. The van der Waals surface area contributed by atoms with Gasteiger partial charge in [-0.3, -0.25) is 0 Å². The van der Waals surface area contributed by atoms with Gasteiger partial charge in [0.15, 0.2) is 0 Å². The molecule has 0 bridgehead atoms. The van der Waals surface area contributed by atoms with Crippen molar-refractivity contribution < 1.29 is 0 Å². The average Bonchev–Trinajstić information content (AvgIpc) is 2.50. The molecule has 0 saturated carbocycles. The molecule has 3 heteroatoms. The van der Waals surface area contributed by atoms with Crippen molar-refractivity contribution in [2.45, 2.75) is 34.2 Å². The largest absolute Gasteiger partial charge is 0.398 e. The van der Waals surface area contributed by atoms with Gasteiger partial charge in [-0.15, -0.1) is 11.3 Å². The second-order valence-electron chi connectivity index (χ2n) is 5.20. The first kappa shape index (κ1) is 12.5. The Hall–Kier alpha value is -0.540. The molecule has 3 N–H and O–H groups in total. The van der Waals surface area contributed by atoms with Crippen molar-refractivity contribution in [1.29, 1.82) is 0 Å². The highest BCUT2D eigenvalue weighted by atomic mass is 32.1. The molecule has 0 aromatic carbocycles. The summed E-state index contributed by atoms with van der Waals surface area (Å²) in [5.41, 5.74) is 7.10. The first-order chi connectivity index (χ1) is 6.91. The number of nitrogens with two attached hydrogens (primary N) is 1. The molecule has 1 atom stereocenters. The van der Waals surface area contributed by atoms with E-state index in [4.69, 9.17) is 5.73 Å². The van der Waals surface area contributed by atoms with Crippen LogP contribution in [-0.2, 0) is 6.54 Å². The van der Waals surface area contributed by atoms with E-state index in [0.717, 1.165) is 18.8 Å². The summed E-state index contributed by atoms with van der Waals surface area (Å²) in [6, 6.07) is 1.97. The van der Waals surface area contributed by atoms with Crippen molar-refractivity contribution in [3.05, 3.63) is 16.3 Å². The maximum Gasteiger partial charge on any atom is 0.0468 e. The van der Waals surface area contributed by atoms with Crippen LogP contribution in [0.2, 0.25) is 0 Å². The molecule has 2 nitrogen and oxygen atoms in total. The molecule has 1 aromatic heterocycles. The van der Waals surface area contributed by atoms with Gasteiger partial charge >= 0.3 is 0 Å². The summed E-state index contributed by atoms with van der Waals surface area (Å²) in [7, 11) is 0. The van der Waals surface area contributed by atoms with Crippen LogP contribution in [-0.4, -0.2) is 6.54 Å². The fourth-order valence-electron chi connectivity index (χ4n) is 1.20. The van der Waals surface area contributed by atoms with Gasteiger partial charge in [-0.05, 0) is 29.3 Å². The number of hydrogen-bond acceptors (Lipinski definition) is 3. The van der Waals surface area contributed by atoms with E-state index in [2.05, 4.69) is 33.0 Å². The molecule has 86 valence electrons. The summed E-state index contributed by atoms with van der Waals surface area (Å²) in [5.74, 6) is 0.665. The topological polar surface area (TPSA) is 38.0 Å². The van der Waals surface area contributed by atoms with Crippen LogP contribution in [0.1, 0.15) is 32.6 Å². The SMILES string of the molecule is CC(CNCc1sccc1N)C(C)(C)C. The number of nitrogen functional groups attached to an aromatic ring is 1. The number of thiophene rings is 1. The third-order valence-electron chi connectivity index (χ3n) is 2.99. The molecule has 1 heterocycles. The van der Waals surface area contributed by atoms with Crippen molar-refractivity contribution in [2.75, 3.05) is 12.3 Å². The van der Waals surface area contributed by atoms with E-state index in [-0.39, 0.29) is 0 Å². The molecule has 1 rings (SSSR count). The Labute approximate surface area is 96.9 Å². The zero-order chi connectivity index (χ0) is 11.5. The van der Waals surface area contributed by atoms with E-state index >= 15 is 0 Å². The van der Waals surface area contributed by atoms with Crippen LogP contribution < -0.4 is 11.1 Å². The van der Waals surface area contributed by atoms with Crippen LogP contribution in [0.5, 0.6) is 0 Å². The third-order valence-corrected chi connectivity index (χ3v) is 3.93. The minimum absolute atomic E-state index is 0.369. The fourth-order valence-corrected chi connectivity index (χ4v) is 1.97. The van der Waals surface area contributed by atoms with Gasteiger partial charge < -0.3 is 11.1 Å². The van der Waals surface area contributed by atoms with E-state index in [0.29, 0.717) is 11.3 Å². The van der Waals surface area contributed by atoms with E-state index in [1.54, 1.807) is 11.3 Å². The Bertz CT molecular complexity index is 299. The third kappa shape index (κ3) is 3.84. The minimum atomic E-state index is 0.369. The van der Waals surface area contributed by atoms with Crippen LogP contribution in [0.4, 0.5) is 5.69 Å². The lowest BCUT2D eigenvalue weighted by Crippen LogP contribution is -2.29. The molecule has 0 amide bonds. The van der Waals surface area contributed by atoms with Gasteiger partial charge in [0.25, 0.3) is 0 Å². The summed E-state index contributed by atoms with van der Waals surface area (Å²) in [5, 5.41) is 5.51. The highest BCUT2D eigenvalue weighted by molar-refractivity contribution is 7.10. The van der Waals surface area contributed by atoms with E-state index in [9.17, 15) is 0 Å². The molecule has 1 aromatic rings. The first-order valence-corrected chi connectivity index (χ1v) is 6.32. The van der Waals surface area contributed by atoms with Crippen LogP contribution in [0.3, 0.4) is 0 Å². The molecular formula is C12H22N2S. The summed E-state index contributed by atoms with van der Waals surface area (Å²) >= 11 is 1.72. The molecule has 0 saturated heterocycles. The smallest absolute Gasteiger partial charge is 0.0468 e. The fraction of sp³-hybridized carbons (Fsp3) is 0.667. The van der Waals surface area contributed by atoms with Crippen molar-refractivity contribution in [3.63, 3.8) is 0 Å². The number of anilines is 1. The second kappa shape index (κ2) is 4.99. The van der Waals surface area contributed by atoms with Crippen molar-refractivity contribution in [2.24, 2.45) is 11.3 Å². The summed E-state index contributed by atoms with van der Waals surface area (Å²) < 4.78 is 0. The Morgan fingerprint density at radius 3 is 2.60 bits per heavy atom. The second-order valence-corrected chi connectivity index (χ2v) is 6.20. The van der Waals surface area contributed by atoms with Gasteiger partial charge in [-0.1, -0.05) is 27.7 Å². The van der Waals surface area contributed by atoms with Gasteiger partial charge in [0.05, 0.1) is 0 Å². The molecule has 0 fully saturated rings. The number of nitrogens with one attached hydrogen (secondary N) is 1. The summed E-state index contributed by atoms with van der Waals surface area (Å²) in [4.78, 5) is 1.25. The lowest BCUT2D eigenvalue weighted by molar-refractivity contribution is 0.253. The minimum Gasteiger partial charge on any atom is -0.398 e. The van der Waals surface area contributed by atoms with E-state index in [1.165, 1.54) is 4.88 Å². The van der Waals surface area contributed by atoms with Crippen LogP contribution >= 0.6 is 11.3 Å². The van der Waals surface area contributed by atoms with Crippen molar-refractivity contribution in [1.82, 2.24) is 5.32 Å². The van der Waals surface area contributed by atoms with Crippen LogP contribution in [0.25, 0.3) is 0 Å². The molecule has 0 radical (unpaired) electrons. The highest BCUT2D eigenvalue weighted by Crippen LogP contribution is 2.25. The van der Waals surface area contributed by atoms with Crippen molar-refractivity contribution in [3.8, 4) is 0 Å². The molecule has 0 aliphatic carbocycles. The molecular weight excluding hydrogens is 204 g/mol. The molecule has 1 unspecified atom stereocenters. The predicted octanol–water partition coefficient (Wildman–Crippen LogP) is 3.10. The normalized spacial score (nSPS) is 14.1. The zero-order valence-electron chi connectivity index (χ0n) is 10.1. The standard InChI is InChI=1S/C12H22N2S/c1-9(12(2,3)4)7-14-8-11-10(13)5-6-15-11/h5-6,9,14H,7-8,13H2,1-4H3. The van der Waals surface area contributed by atoms with Gasteiger partial charge in [-0.25, -0.2) is 0 Å². The van der Waals surface area contributed by atoms with Gasteiger partial charge in [0.1, 0.15) is 0 Å². The maximum atomic E-state index is 5.81. The zero-order valence-corrected chi connectivity index (χ0v) is 10.9. The van der Waals surface area contributed by atoms with E-state index < -0.39 is 0 Å². The Morgan fingerprint density at radius 1 is 1.47 bits per heavy atom. The Kier molecular flexibility index (Phi) is 4.17. The Morgan fingerprint density at radius 2 is 2.13 bits per heavy atom. The van der Waals surface area contributed by atoms with E-state index in [1.807, 2.05) is 11.4 Å². The molecule has 15 heavy (non-hydrogen) atoms. The lowest BCUT2D eigenvalue weighted by Gasteiger charge is -2.27. The highest BCUT2D eigenvalue weighted by Gasteiger charge is 2.19. The monoisotopic (exact) mass is 226 g/mol. The number of hydrogen-bond donors (Lipinski definition) is 2. The Balaban J connectivity index is 2.31. The maximum absolute atomic E-state index is 5.81. The predicted molar refractivity (Wildman–Crippen MR) is 69.1 cm³/mol. The summed E-state index contributed by atoms with van der Waals surface area (Å²) in [6.45, 7) is 11.0. The molecule has 0 aliphatic heterocycles. The first-order valence-electron chi connectivity index (χ1n) is 5.44. The van der Waals surface area contributed by atoms with Crippen molar-refractivity contribution >= 4 is 17.0 Å². The average molecular weight is 226 g/mol. The lowest BCUT2D eigenvalue weighted by atomic mass is 9.82. The van der Waals surface area contributed by atoms with Crippen LogP contribution in [0, 0.1) is 11.3 Å². The number of rotatable bonds is 4. The van der Waals surface area contributed by atoms with Gasteiger partial charge in [-0.2, -0.15) is 0 Å². The quantitative estimate of drug-likeness (QED) is 0.828. The molecule has 0 aliphatic rings. The molecule has 0 spiro atoms. The van der Waals surface area contributed by atoms with Gasteiger partial charge in [0, 0.05) is 17.1 Å². The van der Waals surface area contributed by atoms with Crippen LogP contribution in [0.15, 0.2) is 11.4 Å².